The van der Waals surface area contributed by atoms with E-state index in [0.29, 0.717) is 42.2 Å². The van der Waals surface area contributed by atoms with Gasteiger partial charge in [-0.2, -0.15) is 0 Å². The number of amides is 1. The van der Waals surface area contributed by atoms with Crippen molar-refractivity contribution in [3.63, 3.8) is 0 Å². The van der Waals surface area contributed by atoms with Gasteiger partial charge in [-0.15, -0.1) is 0 Å². The van der Waals surface area contributed by atoms with Crippen LogP contribution in [0.2, 0.25) is 5.02 Å². The number of allylic oxidation sites excluding steroid dienone is 2. The van der Waals surface area contributed by atoms with Gasteiger partial charge in [-0.25, -0.2) is 4.79 Å². The number of hydrogen-bond donors (Lipinski definition) is 1. The lowest BCUT2D eigenvalue weighted by Gasteiger charge is -2.43. The minimum atomic E-state index is -1.18. The molecule has 1 heterocycles. The number of Topliss-reactive ketones (excluding diaryl/α,β-unsaturated/α-hetero) is 1. The molecule has 0 bridgehead atoms. The van der Waals surface area contributed by atoms with E-state index in [0.717, 1.165) is 11.1 Å². The zero-order valence-electron chi connectivity index (χ0n) is 21.2. The number of carboxylic acid groups (broad SMARTS) is 1. The number of ether oxygens (including phenoxy) is 1. The van der Waals surface area contributed by atoms with Crippen molar-refractivity contribution >= 4 is 34.9 Å². The topological polar surface area (TPSA) is 83.9 Å². The quantitative estimate of drug-likeness (QED) is 0.380. The number of carbonyl (C=O) groups is 3. The van der Waals surface area contributed by atoms with Crippen molar-refractivity contribution in [2.24, 2.45) is 5.41 Å². The zero-order valence-corrected chi connectivity index (χ0v) is 22.0. The molecule has 0 aromatic heterocycles. The van der Waals surface area contributed by atoms with E-state index in [4.69, 9.17) is 16.3 Å². The molecule has 1 atom stereocenters. The Morgan fingerprint density at radius 2 is 1.74 bits per heavy atom. The van der Waals surface area contributed by atoms with Gasteiger partial charge < -0.3 is 9.84 Å². The lowest BCUT2D eigenvalue weighted by atomic mass is 9.69. The lowest BCUT2D eigenvalue weighted by molar-refractivity contribution is -0.121. The highest BCUT2D eigenvalue weighted by molar-refractivity contribution is 6.33. The third-order valence-electron chi connectivity index (χ3n) is 7.11. The molecule has 1 N–H and O–H groups in total. The van der Waals surface area contributed by atoms with Gasteiger partial charge in [-0.3, -0.25) is 14.5 Å². The number of halogens is 1. The van der Waals surface area contributed by atoms with Crippen LogP contribution in [0, 0.1) is 5.41 Å². The van der Waals surface area contributed by atoms with Gasteiger partial charge in [0.05, 0.1) is 10.6 Å². The number of nitrogens with zero attached hydrogens (tertiary/aromatic N) is 1. The first-order valence-electron chi connectivity index (χ1n) is 12.5. The second-order valence-corrected chi connectivity index (χ2v) is 11.0. The Morgan fingerprint density at radius 3 is 2.42 bits per heavy atom. The highest BCUT2D eigenvalue weighted by Crippen LogP contribution is 2.48. The SMILES string of the molecule is CC1(C)CC(=O)C2=C(C1)N(c1ccc(Cl)c(C(=O)O)c1)C(=O)CC2c1ccc(OCc2ccccc2)cc1. The first-order valence-corrected chi connectivity index (χ1v) is 12.9. The van der Waals surface area contributed by atoms with Crippen LogP contribution in [-0.2, 0) is 16.2 Å². The third kappa shape index (κ3) is 5.09. The Hall–Kier alpha value is -3.90. The van der Waals surface area contributed by atoms with Crippen molar-refractivity contribution in [3.05, 3.63) is 106 Å². The van der Waals surface area contributed by atoms with Gasteiger partial charge in [0.15, 0.2) is 5.78 Å². The third-order valence-corrected chi connectivity index (χ3v) is 7.44. The Kier molecular flexibility index (Phi) is 6.84. The molecule has 5 rings (SSSR count). The first-order chi connectivity index (χ1) is 18.1. The normalized spacial score (nSPS) is 18.8. The number of hydrogen-bond acceptors (Lipinski definition) is 4. The number of aromatic carboxylic acids is 1. The summed E-state index contributed by atoms with van der Waals surface area (Å²) in [7, 11) is 0. The van der Waals surface area contributed by atoms with Gasteiger partial charge in [0, 0.05) is 35.7 Å². The van der Waals surface area contributed by atoms with E-state index in [1.54, 1.807) is 6.07 Å². The molecule has 6 nitrogen and oxygen atoms in total. The van der Waals surface area contributed by atoms with E-state index < -0.39 is 5.97 Å². The Labute approximate surface area is 226 Å². The zero-order chi connectivity index (χ0) is 27.0. The van der Waals surface area contributed by atoms with E-state index in [1.165, 1.54) is 17.0 Å². The average molecular weight is 530 g/mol. The molecule has 194 valence electrons. The molecule has 0 saturated heterocycles. The summed E-state index contributed by atoms with van der Waals surface area (Å²) in [4.78, 5) is 40.4. The van der Waals surface area contributed by atoms with E-state index in [9.17, 15) is 19.5 Å². The summed E-state index contributed by atoms with van der Waals surface area (Å²) in [5, 5.41) is 9.65. The van der Waals surface area contributed by atoms with E-state index in [-0.39, 0.29) is 40.0 Å². The second-order valence-electron chi connectivity index (χ2n) is 10.6. The van der Waals surface area contributed by atoms with Crippen LogP contribution >= 0.6 is 11.6 Å². The number of benzene rings is 3. The maximum Gasteiger partial charge on any atom is 0.337 e. The maximum atomic E-state index is 13.6. The van der Waals surface area contributed by atoms with Crippen molar-refractivity contribution in [1.29, 1.82) is 0 Å². The van der Waals surface area contributed by atoms with Crippen LogP contribution in [0.4, 0.5) is 5.69 Å². The van der Waals surface area contributed by atoms with Crippen LogP contribution in [0.15, 0.2) is 84.1 Å². The summed E-state index contributed by atoms with van der Waals surface area (Å²) in [5.41, 5.74) is 3.16. The van der Waals surface area contributed by atoms with Gasteiger partial charge in [0.25, 0.3) is 0 Å². The highest BCUT2D eigenvalue weighted by Gasteiger charge is 2.44. The van der Waals surface area contributed by atoms with Crippen LogP contribution in [-0.4, -0.2) is 22.8 Å². The Morgan fingerprint density at radius 1 is 1.03 bits per heavy atom. The number of carboxylic acids is 1. The van der Waals surface area contributed by atoms with Crippen LogP contribution in [0.1, 0.15) is 60.5 Å². The molecule has 0 fully saturated rings. The van der Waals surface area contributed by atoms with Gasteiger partial charge in [0.1, 0.15) is 12.4 Å². The van der Waals surface area contributed by atoms with Crippen molar-refractivity contribution < 1.29 is 24.2 Å². The Balaban J connectivity index is 1.50. The molecule has 3 aromatic carbocycles. The standard InChI is InChI=1S/C31H28ClNO5/c1-31(2)16-26-29(27(34)17-31)23(15-28(35)33(26)21-10-13-25(32)24(14-21)30(36)37)20-8-11-22(12-9-20)38-18-19-6-4-3-5-7-19/h3-14,23H,15-18H2,1-2H3,(H,36,37). The predicted molar refractivity (Wildman–Crippen MR) is 146 cm³/mol. The average Bonchev–Trinajstić information content (AvgIpc) is 2.87. The van der Waals surface area contributed by atoms with Crippen LogP contribution < -0.4 is 9.64 Å². The molecular formula is C31H28ClNO5. The fourth-order valence-electron chi connectivity index (χ4n) is 5.35. The van der Waals surface area contributed by atoms with E-state index in [2.05, 4.69) is 0 Å². The van der Waals surface area contributed by atoms with Crippen molar-refractivity contribution in [3.8, 4) is 5.75 Å². The fraction of sp³-hybridized carbons (Fsp3) is 0.258. The van der Waals surface area contributed by atoms with Gasteiger partial charge >= 0.3 is 5.97 Å². The summed E-state index contributed by atoms with van der Waals surface area (Å²) < 4.78 is 5.91. The summed E-state index contributed by atoms with van der Waals surface area (Å²) >= 11 is 6.08. The van der Waals surface area contributed by atoms with E-state index >= 15 is 0 Å². The smallest absolute Gasteiger partial charge is 0.337 e. The number of carbonyl (C=O) groups excluding carboxylic acids is 2. The van der Waals surface area contributed by atoms with Gasteiger partial charge in [-0.05, 0) is 53.3 Å². The summed E-state index contributed by atoms with van der Waals surface area (Å²) in [6, 6.07) is 21.9. The van der Waals surface area contributed by atoms with E-state index in [1.807, 2.05) is 68.4 Å². The number of anilines is 1. The van der Waals surface area contributed by atoms with Crippen LogP contribution in [0.5, 0.6) is 5.75 Å². The predicted octanol–water partition coefficient (Wildman–Crippen LogP) is 6.78. The molecule has 1 amide bonds. The van der Waals surface area contributed by atoms with Crippen molar-refractivity contribution in [1.82, 2.24) is 0 Å². The minimum Gasteiger partial charge on any atom is -0.489 e. The largest absolute Gasteiger partial charge is 0.489 e. The second kappa shape index (κ2) is 10.1. The van der Waals surface area contributed by atoms with Gasteiger partial charge in [-0.1, -0.05) is 67.9 Å². The molecule has 1 aliphatic heterocycles. The highest BCUT2D eigenvalue weighted by atomic mass is 35.5. The molecule has 1 unspecified atom stereocenters. The minimum absolute atomic E-state index is 0.00979. The molecule has 38 heavy (non-hydrogen) atoms. The molecular weight excluding hydrogens is 502 g/mol. The molecule has 1 aliphatic carbocycles. The van der Waals surface area contributed by atoms with Crippen molar-refractivity contribution in [2.75, 3.05) is 4.90 Å². The number of rotatable bonds is 6. The van der Waals surface area contributed by atoms with Gasteiger partial charge in [0.2, 0.25) is 5.91 Å². The van der Waals surface area contributed by atoms with Crippen LogP contribution in [0.25, 0.3) is 0 Å². The lowest BCUT2D eigenvalue weighted by Crippen LogP contribution is -2.43. The van der Waals surface area contributed by atoms with Crippen LogP contribution in [0.3, 0.4) is 0 Å². The summed E-state index contributed by atoms with van der Waals surface area (Å²) in [5.74, 6) is -1.04. The first kappa shape index (κ1) is 25.7. The maximum absolute atomic E-state index is 13.6. The summed E-state index contributed by atoms with van der Waals surface area (Å²) in [6.07, 6.45) is 0.990. The molecule has 7 heteroatoms. The number of ketones is 1. The molecule has 0 radical (unpaired) electrons. The molecule has 0 spiro atoms. The van der Waals surface area contributed by atoms with Crippen molar-refractivity contribution in [2.45, 2.75) is 45.6 Å². The molecule has 2 aliphatic rings. The molecule has 0 saturated carbocycles. The summed E-state index contributed by atoms with van der Waals surface area (Å²) in [6.45, 7) is 4.45. The Bertz CT molecular complexity index is 1440. The fourth-order valence-corrected chi connectivity index (χ4v) is 5.55. The molecule has 3 aromatic rings. The monoisotopic (exact) mass is 529 g/mol.